The Bertz CT molecular complexity index is 1290. The lowest BCUT2D eigenvalue weighted by Crippen LogP contribution is -2.28. The summed E-state index contributed by atoms with van der Waals surface area (Å²) in [5.74, 6) is -0.0571. The highest BCUT2D eigenvalue weighted by Gasteiger charge is 2.19. The second kappa shape index (κ2) is 8.27. The average molecular weight is 425 g/mol. The van der Waals surface area contributed by atoms with Gasteiger partial charge in [-0.3, -0.25) is 18.6 Å². The molecule has 0 unspecified atom stereocenters. The number of aryl methyl sites for hydroxylation is 1. The number of carbonyl (C=O) groups excluding carboxylic acids is 1. The second-order valence-electron chi connectivity index (χ2n) is 6.81. The van der Waals surface area contributed by atoms with E-state index in [1.807, 2.05) is 37.3 Å². The summed E-state index contributed by atoms with van der Waals surface area (Å²) < 4.78 is 17.0. The molecule has 0 saturated carbocycles. The lowest BCUT2D eigenvalue weighted by molar-refractivity contribution is -0.115. The first kappa shape index (κ1) is 20.1. The van der Waals surface area contributed by atoms with Crippen molar-refractivity contribution in [3.63, 3.8) is 0 Å². The zero-order valence-electron chi connectivity index (χ0n) is 16.6. The van der Waals surface area contributed by atoms with Crippen LogP contribution in [0.5, 0.6) is 0 Å². The van der Waals surface area contributed by atoms with E-state index in [0.29, 0.717) is 29.4 Å². The summed E-state index contributed by atoms with van der Waals surface area (Å²) in [5.41, 5.74) is 1.01. The summed E-state index contributed by atoms with van der Waals surface area (Å²) in [7, 11) is 1.72. The number of hydrogen-bond acceptors (Lipinski definition) is 5. The van der Waals surface area contributed by atoms with E-state index in [4.69, 9.17) is 0 Å². The van der Waals surface area contributed by atoms with Gasteiger partial charge in [0.15, 0.2) is 5.16 Å². The predicted molar refractivity (Wildman–Crippen MR) is 116 cm³/mol. The van der Waals surface area contributed by atoms with E-state index >= 15 is 0 Å². The number of aromatic nitrogens is 4. The van der Waals surface area contributed by atoms with Gasteiger partial charge in [-0.05, 0) is 36.8 Å². The molecule has 0 radical (unpaired) electrons. The average Bonchev–Trinajstić information content (AvgIpc) is 3.19. The van der Waals surface area contributed by atoms with Gasteiger partial charge >= 0.3 is 0 Å². The number of rotatable bonds is 6. The summed E-state index contributed by atoms with van der Waals surface area (Å²) in [4.78, 5) is 27.1. The molecule has 0 aliphatic heterocycles. The van der Waals surface area contributed by atoms with Crippen LogP contribution in [0.3, 0.4) is 0 Å². The molecule has 2 heterocycles. The van der Waals surface area contributed by atoms with Crippen molar-refractivity contribution in [1.29, 1.82) is 0 Å². The number of anilines is 1. The van der Waals surface area contributed by atoms with Crippen molar-refractivity contribution in [2.75, 3.05) is 17.7 Å². The molecule has 2 aromatic heterocycles. The van der Waals surface area contributed by atoms with E-state index in [1.165, 1.54) is 28.5 Å². The molecule has 9 heteroatoms. The largest absolute Gasteiger partial charge is 0.315 e. The van der Waals surface area contributed by atoms with E-state index in [1.54, 1.807) is 22.4 Å². The Kier molecular flexibility index (Phi) is 5.54. The van der Waals surface area contributed by atoms with E-state index < -0.39 is 5.82 Å². The number of para-hydroxylation sites is 1. The summed E-state index contributed by atoms with van der Waals surface area (Å²) in [6.45, 7) is 2.39. The van der Waals surface area contributed by atoms with Crippen molar-refractivity contribution in [2.45, 2.75) is 25.0 Å². The Morgan fingerprint density at radius 1 is 1.17 bits per heavy atom. The van der Waals surface area contributed by atoms with Gasteiger partial charge in [0, 0.05) is 19.3 Å². The number of thioether (sulfide) groups is 1. The zero-order chi connectivity index (χ0) is 21.3. The number of benzene rings is 2. The molecule has 0 atom stereocenters. The standard InChI is InChI=1S/C21H20FN5O2S/c1-3-11-26-19(29)16-12-14(22)9-10-17(16)27-20(26)23-24-21(27)30-13-18(28)25(2)15-7-5-4-6-8-15/h4-10,12H,3,11,13H2,1-2H3. The van der Waals surface area contributed by atoms with Gasteiger partial charge in [-0.15, -0.1) is 10.2 Å². The summed E-state index contributed by atoms with van der Waals surface area (Å²) in [6.07, 6.45) is 0.714. The lowest BCUT2D eigenvalue weighted by atomic mass is 10.2. The minimum Gasteiger partial charge on any atom is -0.315 e. The molecule has 4 rings (SSSR count). The molecule has 1 amide bonds. The fourth-order valence-corrected chi connectivity index (χ4v) is 4.15. The number of carbonyl (C=O) groups is 1. The fourth-order valence-electron chi connectivity index (χ4n) is 3.30. The maximum Gasteiger partial charge on any atom is 0.262 e. The van der Waals surface area contributed by atoms with E-state index in [2.05, 4.69) is 10.2 Å². The number of nitrogens with zero attached hydrogens (tertiary/aromatic N) is 5. The van der Waals surface area contributed by atoms with Gasteiger partial charge in [0.2, 0.25) is 11.7 Å². The maximum absolute atomic E-state index is 13.8. The number of amides is 1. The first-order valence-corrected chi connectivity index (χ1v) is 10.5. The van der Waals surface area contributed by atoms with Gasteiger partial charge in [0.25, 0.3) is 5.56 Å². The van der Waals surface area contributed by atoms with E-state index in [0.717, 1.165) is 5.69 Å². The first-order valence-electron chi connectivity index (χ1n) is 9.53. The van der Waals surface area contributed by atoms with Gasteiger partial charge in [0.05, 0.1) is 16.7 Å². The van der Waals surface area contributed by atoms with Crippen LogP contribution in [-0.2, 0) is 11.3 Å². The van der Waals surface area contributed by atoms with Crippen molar-refractivity contribution < 1.29 is 9.18 Å². The summed E-state index contributed by atoms with van der Waals surface area (Å²) in [5, 5.41) is 9.12. The summed E-state index contributed by atoms with van der Waals surface area (Å²) >= 11 is 1.23. The normalized spacial score (nSPS) is 11.3. The third-order valence-corrected chi connectivity index (χ3v) is 5.74. The van der Waals surface area contributed by atoms with Crippen molar-refractivity contribution in [1.82, 2.24) is 19.2 Å². The number of halogens is 1. The van der Waals surface area contributed by atoms with E-state index in [-0.39, 0.29) is 22.6 Å². The molecule has 154 valence electrons. The Labute approximate surface area is 176 Å². The third-order valence-electron chi connectivity index (χ3n) is 4.82. The van der Waals surface area contributed by atoms with Crippen LogP contribution in [0.4, 0.5) is 10.1 Å². The van der Waals surface area contributed by atoms with Crippen LogP contribution in [0, 0.1) is 5.82 Å². The molecule has 0 aliphatic carbocycles. The smallest absolute Gasteiger partial charge is 0.262 e. The molecular weight excluding hydrogens is 405 g/mol. The van der Waals surface area contributed by atoms with Crippen LogP contribution >= 0.6 is 11.8 Å². The SMILES string of the molecule is CCCn1c(=O)c2cc(F)ccc2n2c(SCC(=O)N(C)c3ccccc3)nnc12. The van der Waals surface area contributed by atoms with Crippen molar-refractivity contribution >= 4 is 40.0 Å². The Morgan fingerprint density at radius 3 is 2.67 bits per heavy atom. The highest BCUT2D eigenvalue weighted by Crippen LogP contribution is 2.23. The number of hydrogen-bond donors (Lipinski definition) is 0. The molecule has 7 nitrogen and oxygen atoms in total. The van der Waals surface area contributed by atoms with Crippen LogP contribution in [0.15, 0.2) is 58.5 Å². The Balaban J connectivity index is 1.72. The predicted octanol–water partition coefficient (Wildman–Crippen LogP) is 3.35. The van der Waals surface area contributed by atoms with Crippen molar-refractivity contribution in [3.8, 4) is 0 Å². The van der Waals surface area contributed by atoms with E-state index in [9.17, 15) is 14.0 Å². The quantitative estimate of drug-likeness (QED) is 0.443. The second-order valence-corrected chi connectivity index (χ2v) is 7.76. The minimum atomic E-state index is -0.482. The monoisotopic (exact) mass is 425 g/mol. The van der Waals surface area contributed by atoms with Crippen molar-refractivity contribution in [2.24, 2.45) is 0 Å². The third kappa shape index (κ3) is 3.56. The first-order chi connectivity index (χ1) is 14.5. The van der Waals surface area contributed by atoms with Crippen molar-refractivity contribution in [3.05, 3.63) is 64.7 Å². The molecule has 0 saturated heterocycles. The number of fused-ring (bicyclic) bond motifs is 3. The van der Waals surface area contributed by atoms with Crippen LogP contribution in [0.1, 0.15) is 13.3 Å². The molecular formula is C21H20FN5O2S. The van der Waals surface area contributed by atoms with Gasteiger partial charge in [-0.25, -0.2) is 4.39 Å². The Morgan fingerprint density at radius 2 is 1.93 bits per heavy atom. The maximum atomic E-state index is 13.8. The molecule has 0 bridgehead atoms. The molecule has 2 aromatic carbocycles. The van der Waals surface area contributed by atoms with Crippen LogP contribution in [-0.4, -0.2) is 37.9 Å². The highest BCUT2D eigenvalue weighted by molar-refractivity contribution is 7.99. The van der Waals surface area contributed by atoms with Gasteiger partial charge in [-0.1, -0.05) is 36.9 Å². The molecule has 0 fully saturated rings. The van der Waals surface area contributed by atoms with Gasteiger partial charge in [0.1, 0.15) is 5.82 Å². The van der Waals surface area contributed by atoms with Crippen LogP contribution in [0.2, 0.25) is 0 Å². The summed E-state index contributed by atoms with van der Waals surface area (Å²) in [6, 6.07) is 13.4. The molecule has 0 spiro atoms. The van der Waals surface area contributed by atoms with Crippen LogP contribution in [0.25, 0.3) is 16.7 Å². The van der Waals surface area contributed by atoms with Gasteiger partial charge in [-0.2, -0.15) is 0 Å². The Hall–Kier alpha value is -3.20. The highest BCUT2D eigenvalue weighted by atomic mass is 32.2. The topological polar surface area (TPSA) is 72.5 Å². The molecule has 30 heavy (non-hydrogen) atoms. The lowest BCUT2D eigenvalue weighted by Gasteiger charge is -2.16. The fraction of sp³-hybridized carbons (Fsp3) is 0.238. The molecule has 0 aliphatic rings. The minimum absolute atomic E-state index is 0.0971. The van der Waals surface area contributed by atoms with Crippen LogP contribution < -0.4 is 10.5 Å². The van der Waals surface area contributed by atoms with Gasteiger partial charge < -0.3 is 4.90 Å². The zero-order valence-corrected chi connectivity index (χ0v) is 17.4. The molecule has 4 aromatic rings. The molecule has 0 N–H and O–H groups in total.